The van der Waals surface area contributed by atoms with Crippen molar-refractivity contribution in [3.8, 4) is 0 Å². The van der Waals surface area contributed by atoms with E-state index in [1.165, 1.54) is 12.8 Å². The summed E-state index contributed by atoms with van der Waals surface area (Å²) in [5.74, 6) is 0.576. The predicted octanol–water partition coefficient (Wildman–Crippen LogP) is 1.92. The summed E-state index contributed by atoms with van der Waals surface area (Å²) in [6.45, 7) is 7.63. The molecular weight excluding hydrogens is 176 g/mol. The van der Waals surface area contributed by atoms with Crippen molar-refractivity contribution < 1.29 is 4.74 Å². The van der Waals surface area contributed by atoms with Crippen molar-refractivity contribution >= 4 is 6.02 Å². The SMILES string of the molecule is CC1CC(C)(C)CCC12COC(N)=N2. The Morgan fingerprint density at radius 1 is 1.43 bits per heavy atom. The lowest BCUT2D eigenvalue weighted by atomic mass is 9.64. The van der Waals surface area contributed by atoms with E-state index in [1.807, 2.05) is 0 Å². The number of nitrogens with two attached hydrogens (primary N) is 1. The van der Waals surface area contributed by atoms with Crippen molar-refractivity contribution in [3.63, 3.8) is 0 Å². The molecule has 2 N–H and O–H groups in total. The fraction of sp³-hybridized carbons (Fsp3) is 0.909. The van der Waals surface area contributed by atoms with E-state index in [0.717, 1.165) is 6.42 Å². The van der Waals surface area contributed by atoms with Gasteiger partial charge in [0.15, 0.2) is 0 Å². The van der Waals surface area contributed by atoms with Gasteiger partial charge in [0.2, 0.25) is 0 Å². The number of hydrogen-bond acceptors (Lipinski definition) is 3. The standard InChI is InChI=1S/C11H20N2O/c1-8-6-10(2,3)4-5-11(8)7-14-9(12)13-11/h8H,4-7H2,1-3H3,(H2,12,13). The van der Waals surface area contributed by atoms with Gasteiger partial charge in [-0.3, -0.25) is 0 Å². The average Bonchev–Trinajstić information content (AvgIpc) is 2.43. The molecule has 0 amide bonds. The van der Waals surface area contributed by atoms with Gasteiger partial charge in [0.25, 0.3) is 6.02 Å². The van der Waals surface area contributed by atoms with Crippen LogP contribution in [0.25, 0.3) is 0 Å². The van der Waals surface area contributed by atoms with E-state index < -0.39 is 0 Å². The minimum absolute atomic E-state index is 0.000394. The molecule has 1 saturated carbocycles. The molecule has 1 aliphatic heterocycles. The lowest BCUT2D eigenvalue weighted by molar-refractivity contribution is 0.0811. The van der Waals surface area contributed by atoms with Crippen LogP contribution in [0.15, 0.2) is 4.99 Å². The largest absolute Gasteiger partial charge is 0.463 e. The van der Waals surface area contributed by atoms with Crippen LogP contribution in [-0.2, 0) is 4.74 Å². The molecule has 0 radical (unpaired) electrons. The molecule has 0 bridgehead atoms. The third kappa shape index (κ3) is 1.49. The number of rotatable bonds is 0. The van der Waals surface area contributed by atoms with E-state index in [4.69, 9.17) is 10.5 Å². The highest BCUT2D eigenvalue weighted by atomic mass is 16.5. The van der Waals surface area contributed by atoms with Gasteiger partial charge in [0.1, 0.15) is 12.1 Å². The molecule has 14 heavy (non-hydrogen) atoms. The molecule has 2 atom stereocenters. The van der Waals surface area contributed by atoms with Crippen molar-refractivity contribution in [2.75, 3.05) is 6.61 Å². The number of ether oxygens (including phenoxy) is 1. The quantitative estimate of drug-likeness (QED) is 0.643. The van der Waals surface area contributed by atoms with Gasteiger partial charge in [-0.25, -0.2) is 4.99 Å². The maximum atomic E-state index is 5.60. The molecule has 2 rings (SSSR count). The normalized spacial score (nSPS) is 40.8. The van der Waals surface area contributed by atoms with Crippen LogP contribution in [0.2, 0.25) is 0 Å². The third-order valence-corrected chi connectivity index (χ3v) is 3.81. The van der Waals surface area contributed by atoms with Crippen LogP contribution in [-0.4, -0.2) is 18.2 Å². The predicted molar refractivity (Wildman–Crippen MR) is 57.1 cm³/mol. The van der Waals surface area contributed by atoms with Gasteiger partial charge in [-0.05, 0) is 30.6 Å². The smallest absolute Gasteiger partial charge is 0.282 e. The number of hydrogen-bond donors (Lipinski definition) is 1. The maximum absolute atomic E-state index is 5.60. The summed E-state index contributed by atoms with van der Waals surface area (Å²) in [6.07, 6.45) is 3.55. The first-order valence-corrected chi connectivity index (χ1v) is 5.42. The molecule has 80 valence electrons. The fourth-order valence-corrected chi connectivity index (χ4v) is 2.79. The molecule has 1 spiro atoms. The second kappa shape index (κ2) is 2.88. The lowest BCUT2D eigenvalue weighted by Gasteiger charge is -2.43. The summed E-state index contributed by atoms with van der Waals surface area (Å²) >= 11 is 0. The molecule has 2 aliphatic rings. The minimum Gasteiger partial charge on any atom is -0.463 e. The number of amidine groups is 1. The molecule has 0 aromatic rings. The molecule has 3 heteroatoms. The average molecular weight is 196 g/mol. The number of nitrogens with zero attached hydrogens (tertiary/aromatic N) is 1. The van der Waals surface area contributed by atoms with Gasteiger partial charge in [-0.2, -0.15) is 0 Å². The van der Waals surface area contributed by atoms with Crippen LogP contribution in [0.1, 0.15) is 40.0 Å². The van der Waals surface area contributed by atoms with Crippen LogP contribution in [0, 0.1) is 11.3 Å². The second-order valence-corrected chi connectivity index (χ2v) is 5.61. The van der Waals surface area contributed by atoms with Gasteiger partial charge < -0.3 is 10.5 Å². The Hall–Kier alpha value is -0.730. The van der Waals surface area contributed by atoms with Crippen molar-refractivity contribution in [1.82, 2.24) is 0 Å². The highest BCUT2D eigenvalue weighted by Gasteiger charge is 2.47. The second-order valence-electron chi connectivity index (χ2n) is 5.61. The summed E-state index contributed by atoms with van der Waals surface area (Å²) in [5.41, 5.74) is 6.05. The topological polar surface area (TPSA) is 47.6 Å². The Morgan fingerprint density at radius 3 is 2.64 bits per heavy atom. The zero-order valence-electron chi connectivity index (χ0n) is 9.34. The Kier molecular flexibility index (Phi) is 2.02. The van der Waals surface area contributed by atoms with Crippen LogP contribution in [0.3, 0.4) is 0 Å². The van der Waals surface area contributed by atoms with Gasteiger partial charge >= 0.3 is 0 Å². The van der Waals surface area contributed by atoms with E-state index in [2.05, 4.69) is 25.8 Å². The molecule has 3 nitrogen and oxygen atoms in total. The minimum atomic E-state index is -0.000394. The summed E-state index contributed by atoms with van der Waals surface area (Å²) in [7, 11) is 0. The zero-order valence-corrected chi connectivity index (χ0v) is 9.34. The molecule has 1 aliphatic carbocycles. The molecule has 0 saturated heterocycles. The maximum Gasteiger partial charge on any atom is 0.282 e. The first kappa shape index (κ1) is 9.81. The highest BCUT2D eigenvalue weighted by Crippen LogP contribution is 2.47. The summed E-state index contributed by atoms with van der Waals surface area (Å²) in [6, 6.07) is 0.386. The molecule has 0 aromatic carbocycles. The Balaban J connectivity index is 2.17. The molecule has 1 fully saturated rings. The zero-order chi connectivity index (χ0) is 10.4. The Morgan fingerprint density at radius 2 is 2.14 bits per heavy atom. The lowest BCUT2D eigenvalue weighted by Crippen LogP contribution is -2.43. The van der Waals surface area contributed by atoms with E-state index >= 15 is 0 Å². The van der Waals surface area contributed by atoms with E-state index in [-0.39, 0.29) is 5.54 Å². The van der Waals surface area contributed by atoms with E-state index in [0.29, 0.717) is 24.0 Å². The molecule has 0 aromatic heterocycles. The van der Waals surface area contributed by atoms with Crippen molar-refractivity contribution in [2.45, 2.75) is 45.6 Å². The van der Waals surface area contributed by atoms with Gasteiger partial charge in [0, 0.05) is 0 Å². The third-order valence-electron chi connectivity index (χ3n) is 3.81. The number of aliphatic imine (C=N–C) groups is 1. The van der Waals surface area contributed by atoms with Crippen molar-refractivity contribution in [2.24, 2.45) is 22.1 Å². The fourth-order valence-electron chi connectivity index (χ4n) is 2.79. The summed E-state index contributed by atoms with van der Waals surface area (Å²) in [4.78, 5) is 4.50. The van der Waals surface area contributed by atoms with E-state index in [9.17, 15) is 0 Å². The molecule has 2 unspecified atom stereocenters. The Labute approximate surface area is 85.7 Å². The van der Waals surface area contributed by atoms with Gasteiger partial charge in [-0.15, -0.1) is 0 Å². The van der Waals surface area contributed by atoms with Crippen LogP contribution in [0.5, 0.6) is 0 Å². The van der Waals surface area contributed by atoms with Crippen LogP contribution >= 0.6 is 0 Å². The Bertz CT molecular complexity index is 272. The van der Waals surface area contributed by atoms with Crippen LogP contribution in [0.4, 0.5) is 0 Å². The van der Waals surface area contributed by atoms with Gasteiger partial charge in [-0.1, -0.05) is 20.8 Å². The van der Waals surface area contributed by atoms with E-state index in [1.54, 1.807) is 0 Å². The summed E-state index contributed by atoms with van der Waals surface area (Å²) in [5, 5.41) is 0. The van der Waals surface area contributed by atoms with Gasteiger partial charge in [0.05, 0.1) is 0 Å². The summed E-state index contributed by atoms with van der Waals surface area (Å²) < 4.78 is 5.31. The molecule has 1 heterocycles. The highest BCUT2D eigenvalue weighted by molar-refractivity contribution is 5.73. The molecular formula is C11H20N2O. The van der Waals surface area contributed by atoms with Crippen LogP contribution < -0.4 is 5.73 Å². The van der Waals surface area contributed by atoms with Crippen molar-refractivity contribution in [1.29, 1.82) is 0 Å². The monoisotopic (exact) mass is 196 g/mol. The first-order valence-electron chi connectivity index (χ1n) is 5.42. The first-order chi connectivity index (χ1) is 6.44. The van der Waals surface area contributed by atoms with Crippen molar-refractivity contribution in [3.05, 3.63) is 0 Å².